The first-order valence-electron chi connectivity index (χ1n) is 5.27. The fourth-order valence-electron chi connectivity index (χ4n) is 1.81. The Balaban J connectivity index is 2.05. The zero-order valence-corrected chi connectivity index (χ0v) is 8.79. The van der Waals surface area contributed by atoms with E-state index in [2.05, 4.69) is 18.3 Å². The van der Waals surface area contributed by atoms with Crippen LogP contribution in [0, 0.1) is 11.9 Å². The molecule has 1 heterocycles. The van der Waals surface area contributed by atoms with Gasteiger partial charge in [-0.2, -0.15) is 0 Å². The van der Waals surface area contributed by atoms with Crippen molar-refractivity contribution in [2.45, 2.75) is 18.9 Å². The Hall–Kier alpha value is -0.930. The van der Waals surface area contributed by atoms with Crippen LogP contribution >= 0.6 is 0 Å². The third-order valence-corrected chi connectivity index (χ3v) is 2.80. The predicted octanol–water partition coefficient (Wildman–Crippen LogP) is 1.72. The van der Waals surface area contributed by atoms with E-state index in [-0.39, 0.29) is 17.8 Å². The van der Waals surface area contributed by atoms with Crippen LogP contribution in [0.2, 0.25) is 0 Å². The molecule has 1 radical (unpaired) electrons. The topological polar surface area (TPSA) is 21.3 Å². The van der Waals surface area contributed by atoms with E-state index in [1.165, 1.54) is 12.1 Å². The van der Waals surface area contributed by atoms with E-state index < -0.39 is 0 Å². The highest BCUT2D eigenvalue weighted by atomic mass is 19.1. The molecule has 1 N–H and O–H groups in total. The number of halogens is 1. The van der Waals surface area contributed by atoms with Crippen LogP contribution in [0.15, 0.2) is 18.2 Å². The molecular weight excluding hydrogens is 193 g/mol. The van der Waals surface area contributed by atoms with Crippen LogP contribution in [0.4, 0.5) is 4.39 Å². The zero-order valence-electron chi connectivity index (χ0n) is 8.79. The monoisotopic (exact) mass is 208 g/mol. The molecule has 3 heteroatoms. The van der Waals surface area contributed by atoms with E-state index in [1.54, 1.807) is 6.07 Å². The highest BCUT2D eigenvalue weighted by Crippen LogP contribution is 2.21. The number of morpholine rings is 1. The molecule has 1 fully saturated rings. The Labute approximate surface area is 89.4 Å². The quantitative estimate of drug-likeness (QED) is 0.799. The average molecular weight is 208 g/mol. The van der Waals surface area contributed by atoms with Gasteiger partial charge >= 0.3 is 0 Å². The summed E-state index contributed by atoms with van der Waals surface area (Å²) in [5, 5.41) is 3.28. The first-order chi connectivity index (χ1) is 7.27. The maximum absolute atomic E-state index is 12.7. The zero-order chi connectivity index (χ0) is 10.7. The summed E-state index contributed by atoms with van der Waals surface area (Å²) in [5.74, 6) is 0.00652. The summed E-state index contributed by atoms with van der Waals surface area (Å²) in [5.41, 5.74) is 1.00. The lowest BCUT2D eigenvalue weighted by Gasteiger charge is -2.28. The van der Waals surface area contributed by atoms with Crippen molar-refractivity contribution in [3.8, 4) is 0 Å². The molecule has 15 heavy (non-hydrogen) atoms. The minimum absolute atomic E-state index is 0.167. The van der Waals surface area contributed by atoms with Gasteiger partial charge in [0.1, 0.15) is 5.82 Å². The maximum atomic E-state index is 12.7. The smallest absolute Gasteiger partial charge is 0.123 e. The predicted molar refractivity (Wildman–Crippen MR) is 56.3 cm³/mol. The molecule has 2 atom stereocenters. The van der Waals surface area contributed by atoms with Crippen LogP contribution in [-0.4, -0.2) is 25.8 Å². The average Bonchev–Trinajstić information content (AvgIpc) is 2.30. The van der Waals surface area contributed by atoms with Crippen LogP contribution in [0.25, 0.3) is 0 Å². The summed E-state index contributed by atoms with van der Waals surface area (Å²) in [4.78, 5) is 0. The molecule has 81 valence electrons. The Bertz CT molecular complexity index is 306. The number of benzene rings is 1. The molecule has 0 aliphatic carbocycles. The third-order valence-electron chi connectivity index (χ3n) is 2.80. The van der Waals surface area contributed by atoms with Gasteiger partial charge in [0, 0.05) is 19.0 Å². The highest BCUT2D eigenvalue weighted by molar-refractivity contribution is 5.19. The lowest BCUT2D eigenvalue weighted by Crippen LogP contribution is -2.41. The molecule has 1 saturated heterocycles. The molecule has 0 bridgehead atoms. The van der Waals surface area contributed by atoms with Crippen LogP contribution in [0.3, 0.4) is 0 Å². The summed E-state index contributed by atoms with van der Waals surface area (Å²) < 4.78 is 18.4. The molecule has 1 aliphatic rings. The lowest BCUT2D eigenvalue weighted by molar-refractivity contribution is 0.0146. The SMILES string of the molecule is CC(c1[c]cc(F)cc1)C1CNCCO1. The van der Waals surface area contributed by atoms with Crippen LogP contribution in [0.1, 0.15) is 18.4 Å². The standard InChI is InChI=1S/C12H15FNO/c1-9(12-8-14-6-7-15-12)10-2-4-11(13)5-3-10/h2,4-5,9,12,14H,6-8H2,1H3. The van der Waals surface area contributed by atoms with Gasteiger partial charge < -0.3 is 10.1 Å². The molecule has 2 unspecified atom stereocenters. The van der Waals surface area contributed by atoms with E-state index in [0.29, 0.717) is 0 Å². The summed E-state index contributed by atoms with van der Waals surface area (Å²) in [6.07, 6.45) is 0.167. The molecule has 2 nitrogen and oxygen atoms in total. The molecular formula is C12H15FNO. The van der Waals surface area contributed by atoms with Gasteiger partial charge in [0.05, 0.1) is 12.7 Å². The number of nitrogens with one attached hydrogen (secondary N) is 1. The highest BCUT2D eigenvalue weighted by Gasteiger charge is 2.21. The van der Waals surface area contributed by atoms with Crippen molar-refractivity contribution in [3.63, 3.8) is 0 Å². The number of rotatable bonds is 2. The van der Waals surface area contributed by atoms with E-state index in [1.807, 2.05) is 0 Å². The third kappa shape index (κ3) is 2.55. The number of hydrogen-bond acceptors (Lipinski definition) is 2. The fourth-order valence-corrected chi connectivity index (χ4v) is 1.81. The Morgan fingerprint density at radius 2 is 2.47 bits per heavy atom. The van der Waals surface area contributed by atoms with Crippen LogP contribution in [0.5, 0.6) is 0 Å². The first kappa shape index (κ1) is 10.6. The van der Waals surface area contributed by atoms with Gasteiger partial charge in [-0.15, -0.1) is 0 Å². The summed E-state index contributed by atoms with van der Waals surface area (Å²) in [7, 11) is 0. The van der Waals surface area contributed by atoms with Gasteiger partial charge in [0.25, 0.3) is 0 Å². The fraction of sp³-hybridized carbons (Fsp3) is 0.500. The van der Waals surface area contributed by atoms with Gasteiger partial charge in [0.2, 0.25) is 0 Å². The Kier molecular flexibility index (Phi) is 3.34. The molecule has 0 saturated carbocycles. The van der Waals surface area contributed by atoms with E-state index in [9.17, 15) is 4.39 Å². The second-order valence-electron chi connectivity index (χ2n) is 3.86. The molecule has 0 amide bonds. The Morgan fingerprint density at radius 1 is 1.60 bits per heavy atom. The molecule has 1 aromatic carbocycles. The van der Waals surface area contributed by atoms with Crippen molar-refractivity contribution >= 4 is 0 Å². The molecule has 1 aliphatic heterocycles. The second-order valence-corrected chi connectivity index (χ2v) is 3.86. The maximum Gasteiger partial charge on any atom is 0.123 e. The van der Waals surface area contributed by atoms with Crippen molar-refractivity contribution in [2.75, 3.05) is 19.7 Å². The van der Waals surface area contributed by atoms with Crippen molar-refractivity contribution in [3.05, 3.63) is 35.6 Å². The number of ether oxygens (including phenoxy) is 1. The van der Waals surface area contributed by atoms with Gasteiger partial charge in [-0.1, -0.05) is 13.0 Å². The van der Waals surface area contributed by atoms with Crippen molar-refractivity contribution in [2.24, 2.45) is 0 Å². The van der Waals surface area contributed by atoms with Crippen LogP contribution < -0.4 is 5.32 Å². The summed E-state index contributed by atoms with van der Waals surface area (Å²) >= 11 is 0. The first-order valence-corrected chi connectivity index (χ1v) is 5.27. The normalized spacial score (nSPS) is 23.7. The van der Waals surface area contributed by atoms with Crippen molar-refractivity contribution < 1.29 is 9.13 Å². The Morgan fingerprint density at radius 3 is 3.07 bits per heavy atom. The molecule has 1 aromatic rings. The van der Waals surface area contributed by atoms with Gasteiger partial charge in [-0.05, 0) is 23.8 Å². The molecule has 2 rings (SSSR count). The van der Waals surface area contributed by atoms with E-state index in [0.717, 1.165) is 25.3 Å². The van der Waals surface area contributed by atoms with Gasteiger partial charge in [-0.3, -0.25) is 0 Å². The second kappa shape index (κ2) is 4.73. The molecule has 0 spiro atoms. The van der Waals surface area contributed by atoms with Gasteiger partial charge in [0.15, 0.2) is 0 Å². The lowest BCUT2D eigenvalue weighted by atomic mass is 9.94. The van der Waals surface area contributed by atoms with Gasteiger partial charge in [-0.25, -0.2) is 4.39 Å². The van der Waals surface area contributed by atoms with Crippen molar-refractivity contribution in [1.29, 1.82) is 0 Å². The van der Waals surface area contributed by atoms with E-state index >= 15 is 0 Å². The summed E-state index contributed by atoms with van der Waals surface area (Å²) in [6.45, 7) is 4.60. The minimum atomic E-state index is -0.242. The minimum Gasteiger partial charge on any atom is -0.375 e. The van der Waals surface area contributed by atoms with E-state index in [4.69, 9.17) is 4.74 Å². The van der Waals surface area contributed by atoms with Crippen molar-refractivity contribution in [1.82, 2.24) is 5.32 Å². The largest absolute Gasteiger partial charge is 0.375 e. The summed E-state index contributed by atoms with van der Waals surface area (Å²) in [6, 6.07) is 7.57. The molecule has 0 aromatic heterocycles. The van der Waals surface area contributed by atoms with Crippen LogP contribution in [-0.2, 0) is 4.74 Å². The number of hydrogen-bond donors (Lipinski definition) is 1.